The summed E-state index contributed by atoms with van der Waals surface area (Å²) in [4.78, 5) is 24.0. The lowest BCUT2D eigenvalue weighted by atomic mass is 9.72. The molecule has 30 heavy (non-hydrogen) atoms. The van der Waals surface area contributed by atoms with E-state index in [0.29, 0.717) is 5.82 Å². The van der Waals surface area contributed by atoms with Gasteiger partial charge in [-0.3, -0.25) is 4.84 Å². The first-order chi connectivity index (χ1) is 14.0. The van der Waals surface area contributed by atoms with Gasteiger partial charge in [-0.1, -0.05) is 13.8 Å². The van der Waals surface area contributed by atoms with E-state index < -0.39 is 5.60 Å². The Kier molecular flexibility index (Phi) is 7.39. The lowest BCUT2D eigenvalue weighted by molar-refractivity contribution is -0.162. The molecule has 0 radical (unpaired) electrons. The van der Waals surface area contributed by atoms with Crippen LogP contribution in [0.25, 0.3) is 11.3 Å². The van der Waals surface area contributed by atoms with Gasteiger partial charge in [0.15, 0.2) is 6.61 Å². The van der Waals surface area contributed by atoms with Gasteiger partial charge in [0.2, 0.25) is 0 Å². The summed E-state index contributed by atoms with van der Waals surface area (Å²) >= 11 is 0. The minimum absolute atomic E-state index is 0.0617. The van der Waals surface area contributed by atoms with Crippen molar-refractivity contribution in [2.75, 3.05) is 26.5 Å². The number of benzene rings is 1. The number of methoxy groups -OCH3 is 1. The maximum atomic E-state index is 10.8. The summed E-state index contributed by atoms with van der Waals surface area (Å²) in [5.41, 5.74) is 12.3. The highest BCUT2D eigenvalue weighted by atomic mass is 16.7. The van der Waals surface area contributed by atoms with Crippen LogP contribution in [-0.2, 0) is 26.2 Å². The van der Waals surface area contributed by atoms with Crippen LogP contribution < -0.4 is 16.0 Å². The molecule has 8 heteroatoms. The summed E-state index contributed by atoms with van der Waals surface area (Å²) in [5, 5.41) is 0. The fraction of sp³-hybridized carbons (Fsp3) is 0.500. The van der Waals surface area contributed by atoms with Crippen molar-refractivity contribution in [3.8, 4) is 17.0 Å². The topological polar surface area (TPSA) is 109 Å². The van der Waals surface area contributed by atoms with E-state index in [1.54, 1.807) is 14.2 Å². The summed E-state index contributed by atoms with van der Waals surface area (Å²) in [6.07, 6.45) is 2.44. The van der Waals surface area contributed by atoms with E-state index in [1.807, 2.05) is 26.8 Å². The van der Waals surface area contributed by atoms with Crippen molar-refractivity contribution in [3.63, 3.8) is 0 Å². The number of anilines is 1. The van der Waals surface area contributed by atoms with Crippen molar-refractivity contribution in [1.29, 1.82) is 0 Å². The number of nitrogens with zero attached hydrogens (tertiary/aromatic N) is 2. The fourth-order valence-corrected chi connectivity index (χ4v) is 3.41. The fourth-order valence-electron chi connectivity index (χ4n) is 3.41. The third-order valence-corrected chi connectivity index (χ3v) is 4.51. The van der Waals surface area contributed by atoms with E-state index in [2.05, 4.69) is 46.3 Å². The van der Waals surface area contributed by atoms with E-state index in [9.17, 15) is 4.79 Å². The highest BCUT2D eigenvalue weighted by Gasteiger charge is 2.34. The third-order valence-electron chi connectivity index (χ3n) is 4.51. The SMILES string of the molecule is CNOCC(=O)OC(C)(C)C.COc1ccc2c(c1)CC(C)(C)c1c(N)ncnc1-2. The molecule has 0 atom stereocenters. The molecule has 164 valence electrons. The van der Waals surface area contributed by atoms with Crippen LogP contribution in [0.2, 0.25) is 0 Å². The summed E-state index contributed by atoms with van der Waals surface area (Å²) in [7, 11) is 3.27. The Bertz CT molecular complexity index is 891. The number of ether oxygens (including phenoxy) is 2. The lowest BCUT2D eigenvalue weighted by Crippen LogP contribution is -2.28. The largest absolute Gasteiger partial charge is 0.497 e. The number of hydrogen-bond acceptors (Lipinski definition) is 8. The summed E-state index contributed by atoms with van der Waals surface area (Å²) in [6.45, 7) is 9.72. The van der Waals surface area contributed by atoms with Gasteiger partial charge in [-0.2, -0.15) is 0 Å². The van der Waals surface area contributed by atoms with Gasteiger partial charge >= 0.3 is 5.97 Å². The number of carbonyl (C=O) groups excluding carboxylic acids is 1. The van der Waals surface area contributed by atoms with Crippen LogP contribution in [0.1, 0.15) is 45.7 Å². The standard InChI is InChI=1S/C15H17N3O.C7H15NO3/c1-15(2)7-9-6-10(19-3)4-5-11(9)13-12(15)14(16)18-8-17-13;1-7(2,3)11-6(9)5-10-8-4/h4-6,8H,7H2,1-3H3,(H2,16,17,18);8H,5H2,1-4H3. The first kappa shape index (κ1) is 23.6. The van der Waals surface area contributed by atoms with Crippen molar-refractivity contribution in [2.24, 2.45) is 0 Å². The van der Waals surface area contributed by atoms with Gasteiger partial charge in [-0.05, 0) is 56.4 Å². The van der Waals surface area contributed by atoms with Crippen molar-refractivity contribution in [2.45, 2.75) is 52.1 Å². The number of hydroxylamine groups is 1. The molecule has 0 fully saturated rings. The molecule has 0 aliphatic heterocycles. The molecule has 2 aromatic rings. The zero-order valence-electron chi connectivity index (χ0n) is 18.8. The van der Waals surface area contributed by atoms with Crippen molar-refractivity contribution < 1.29 is 19.1 Å². The van der Waals surface area contributed by atoms with Crippen LogP contribution in [0, 0.1) is 0 Å². The molecule has 0 unspecified atom stereocenters. The van der Waals surface area contributed by atoms with Gasteiger partial charge in [0.25, 0.3) is 0 Å². The molecular formula is C22H32N4O4. The highest BCUT2D eigenvalue weighted by Crippen LogP contribution is 2.44. The second kappa shape index (κ2) is 9.40. The van der Waals surface area contributed by atoms with Crippen LogP contribution in [-0.4, -0.2) is 42.3 Å². The minimum atomic E-state index is -0.436. The van der Waals surface area contributed by atoms with E-state index in [-0.39, 0.29) is 18.0 Å². The number of rotatable bonds is 4. The van der Waals surface area contributed by atoms with Gasteiger partial charge < -0.3 is 15.2 Å². The molecule has 1 aliphatic rings. The number of fused-ring (bicyclic) bond motifs is 3. The molecule has 8 nitrogen and oxygen atoms in total. The predicted molar refractivity (Wildman–Crippen MR) is 116 cm³/mol. The number of nitrogens with two attached hydrogens (primary N) is 1. The molecule has 0 spiro atoms. The molecule has 1 aromatic carbocycles. The Labute approximate surface area is 178 Å². The number of nitrogen functional groups attached to an aromatic ring is 1. The quantitative estimate of drug-likeness (QED) is 0.578. The molecule has 0 amide bonds. The number of carbonyl (C=O) groups is 1. The van der Waals surface area contributed by atoms with Crippen molar-refractivity contribution in [3.05, 3.63) is 35.7 Å². The summed E-state index contributed by atoms with van der Waals surface area (Å²) < 4.78 is 10.2. The van der Waals surface area contributed by atoms with Gasteiger partial charge in [0.05, 0.1) is 12.8 Å². The third kappa shape index (κ3) is 5.90. The number of aromatic nitrogens is 2. The van der Waals surface area contributed by atoms with Crippen LogP contribution in [0.15, 0.2) is 24.5 Å². The predicted octanol–water partition coefficient (Wildman–Crippen LogP) is 3.05. The van der Waals surface area contributed by atoms with E-state index in [1.165, 1.54) is 11.9 Å². The maximum absolute atomic E-state index is 10.8. The van der Waals surface area contributed by atoms with Crippen molar-refractivity contribution in [1.82, 2.24) is 15.4 Å². The number of hydrogen-bond donors (Lipinski definition) is 2. The van der Waals surface area contributed by atoms with E-state index >= 15 is 0 Å². The molecule has 1 aliphatic carbocycles. The van der Waals surface area contributed by atoms with Crippen LogP contribution in [0.3, 0.4) is 0 Å². The molecule has 1 aromatic heterocycles. The molecule has 0 saturated heterocycles. The zero-order valence-corrected chi connectivity index (χ0v) is 18.8. The first-order valence-electron chi connectivity index (χ1n) is 9.77. The summed E-state index contributed by atoms with van der Waals surface area (Å²) in [6, 6.07) is 6.09. The number of nitrogens with one attached hydrogen (secondary N) is 1. The van der Waals surface area contributed by atoms with Gasteiger partial charge in [0, 0.05) is 18.2 Å². The second-order valence-electron chi connectivity index (χ2n) is 8.65. The minimum Gasteiger partial charge on any atom is -0.497 e. The molecule has 0 saturated carbocycles. The molecular weight excluding hydrogens is 384 g/mol. The molecule has 3 N–H and O–H groups in total. The number of esters is 1. The van der Waals surface area contributed by atoms with E-state index in [4.69, 9.17) is 15.2 Å². The van der Waals surface area contributed by atoms with Crippen LogP contribution in [0.4, 0.5) is 5.82 Å². The maximum Gasteiger partial charge on any atom is 0.334 e. The Morgan fingerprint density at radius 1 is 1.27 bits per heavy atom. The summed E-state index contributed by atoms with van der Waals surface area (Å²) in [5.74, 6) is 1.09. The van der Waals surface area contributed by atoms with E-state index in [0.717, 1.165) is 29.0 Å². The Balaban J connectivity index is 0.000000252. The van der Waals surface area contributed by atoms with Gasteiger partial charge in [0.1, 0.15) is 23.5 Å². The average Bonchev–Trinajstić information content (AvgIpc) is 2.64. The average molecular weight is 417 g/mol. The zero-order chi connectivity index (χ0) is 22.5. The first-order valence-corrected chi connectivity index (χ1v) is 9.77. The van der Waals surface area contributed by atoms with Crippen LogP contribution in [0.5, 0.6) is 5.75 Å². The van der Waals surface area contributed by atoms with Crippen LogP contribution >= 0.6 is 0 Å². The monoisotopic (exact) mass is 416 g/mol. The Hall–Kier alpha value is -2.71. The molecule has 3 rings (SSSR count). The smallest absolute Gasteiger partial charge is 0.334 e. The molecule has 1 heterocycles. The normalized spacial score (nSPS) is 14.0. The lowest BCUT2D eigenvalue weighted by Gasteiger charge is -2.33. The molecule has 0 bridgehead atoms. The Morgan fingerprint density at radius 2 is 1.97 bits per heavy atom. The van der Waals surface area contributed by atoms with Crippen molar-refractivity contribution >= 4 is 11.8 Å². The second-order valence-corrected chi connectivity index (χ2v) is 8.65. The highest BCUT2D eigenvalue weighted by molar-refractivity contribution is 5.76. The Morgan fingerprint density at radius 3 is 2.57 bits per heavy atom. The van der Waals surface area contributed by atoms with Gasteiger partial charge in [-0.15, -0.1) is 0 Å². The van der Waals surface area contributed by atoms with Gasteiger partial charge in [-0.25, -0.2) is 20.2 Å².